The minimum absolute atomic E-state index is 0.177. The van der Waals surface area contributed by atoms with Crippen molar-refractivity contribution in [1.29, 1.82) is 0 Å². The minimum atomic E-state index is -2.26. The maximum absolute atomic E-state index is 14.8. The van der Waals surface area contributed by atoms with Crippen LogP contribution >= 0.6 is 11.3 Å². The zero-order chi connectivity index (χ0) is 19.2. The summed E-state index contributed by atoms with van der Waals surface area (Å²) in [5, 5.41) is 12.3. The molecule has 0 aliphatic carbocycles. The molecular weight excluding hydrogens is 373 g/mol. The predicted octanol–water partition coefficient (Wildman–Crippen LogP) is 2.07. The van der Waals surface area contributed by atoms with Crippen molar-refractivity contribution in [2.24, 2.45) is 5.73 Å². The third kappa shape index (κ3) is 3.02. The Balaban J connectivity index is 1.62. The standard InChI is InChI=1S/C18H18FN3O4S/c19-14-8-22(15-6-5-11(9-23)26-15)17(25)21-18(14,20)16(24)13-7-10-3-1-2-4-12(10)27-13/h1-4,7-8,11,15,23H,5-6,9,20H2,(H,21,25)/t11-,15+,18?/m0/s1. The van der Waals surface area contributed by atoms with Gasteiger partial charge in [0.1, 0.15) is 6.23 Å². The molecule has 142 valence electrons. The number of aliphatic hydroxyl groups excluding tert-OH is 1. The van der Waals surface area contributed by atoms with Crippen LogP contribution in [0.5, 0.6) is 0 Å². The number of aliphatic hydroxyl groups is 1. The Kier molecular flexibility index (Phi) is 4.47. The zero-order valence-corrected chi connectivity index (χ0v) is 15.0. The molecule has 2 amide bonds. The number of urea groups is 1. The van der Waals surface area contributed by atoms with E-state index < -0.39 is 35.6 Å². The summed E-state index contributed by atoms with van der Waals surface area (Å²) in [6.45, 7) is -0.177. The predicted molar refractivity (Wildman–Crippen MR) is 97.6 cm³/mol. The summed E-state index contributed by atoms with van der Waals surface area (Å²) < 4.78 is 21.2. The highest BCUT2D eigenvalue weighted by molar-refractivity contribution is 7.20. The third-order valence-corrected chi connectivity index (χ3v) is 5.89. The van der Waals surface area contributed by atoms with E-state index in [0.717, 1.165) is 21.2 Å². The number of nitrogens with two attached hydrogens (primary N) is 1. The second-order valence-corrected chi connectivity index (χ2v) is 7.66. The van der Waals surface area contributed by atoms with Crippen molar-refractivity contribution < 1.29 is 23.8 Å². The quantitative estimate of drug-likeness (QED) is 0.692. The Morgan fingerprint density at radius 2 is 2.22 bits per heavy atom. The molecular formula is C18H18FN3O4S. The van der Waals surface area contributed by atoms with Crippen LogP contribution in [-0.2, 0) is 4.74 Å². The van der Waals surface area contributed by atoms with E-state index in [1.807, 2.05) is 24.3 Å². The number of nitrogens with zero attached hydrogens (tertiary/aromatic N) is 1. The number of rotatable bonds is 4. The SMILES string of the molecule is NC1(C(=O)c2cc3ccccc3s2)NC(=O)N([C@H]2CC[C@@H](CO)O2)C=C1F. The maximum Gasteiger partial charge on any atom is 0.325 e. The number of thiophene rings is 1. The molecule has 0 bridgehead atoms. The van der Waals surface area contributed by atoms with Crippen LogP contribution < -0.4 is 11.1 Å². The number of hydrogen-bond donors (Lipinski definition) is 3. The van der Waals surface area contributed by atoms with Gasteiger partial charge < -0.3 is 15.2 Å². The number of benzene rings is 1. The first-order valence-electron chi connectivity index (χ1n) is 8.49. The van der Waals surface area contributed by atoms with E-state index in [1.54, 1.807) is 6.07 Å². The highest BCUT2D eigenvalue weighted by atomic mass is 32.1. The van der Waals surface area contributed by atoms with Gasteiger partial charge in [-0.1, -0.05) is 18.2 Å². The fourth-order valence-electron chi connectivity index (χ4n) is 3.27. The van der Waals surface area contributed by atoms with Crippen molar-refractivity contribution in [3.63, 3.8) is 0 Å². The van der Waals surface area contributed by atoms with E-state index in [2.05, 4.69) is 5.32 Å². The highest BCUT2D eigenvalue weighted by Crippen LogP contribution is 2.32. The number of hydrogen-bond acceptors (Lipinski definition) is 6. The van der Waals surface area contributed by atoms with Crippen molar-refractivity contribution >= 4 is 33.2 Å². The van der Waals surface area contributed by atoms with Crippen molar-refractivity contribution in [3.05, 3.63) is 47.2 Å². The number of amides is 2. The summed E-state index contributed by atoms with van der Waals surface area (Å²) in [7, 11) is 0. The van der Waals surface area contributed by atoms with Gasteiger partial charge in [0.25, 0.3) is 0 Å². The largest absolute Gasteiger partial charge is 0.394 e. The van der Waals surface area contributed by atoms with Crippen LogP contribution in [0, 0.1) is 0 Å². The lowest BCUT2D eigenvalue weighted by atomic mass is 10.0. The van der Waals surface area contributed by atoms with Gasteiger partial charge in [0.2, 0.25) is 11.4 Å². The van der Waals surface area contributed by atoms with Crippen LogP contribution in [0.15, 0.2) is 42.4 Å². The minimum Gasteiger partial charge on any atom is -0.394 e. The lowest BCUT2D eigenvalue weighted by molar-refractivity contribution is -0.0394. The van der Waals surface area contributed by atoms with E-state index in [1.165, 1.54) is 11.3 Å². The average molecular weight is 391 g/mol. The molecule has 4 N–H and O–H groups in total. The first-order chi connectivity index (χ1) is 12.9. The summed E-state index contributed by atoms with van der Waals surface area (Å²) >= 11 is 1.19. The number of ether oxygens (including phenoxy) is 1. The molecule has 1 unspecified atom stereocenters. The monoisotopic (exact) mass is 391 g/mol. The Labute approximate surface area is 158 Å². The van der Waals surface area contributed by atoms with Crippen LogP contribution in [0.25, 0.3) is 10.1 Å². The van der Waals surface area contributed by atoms with Gasteiger partial charge in [0.05, 0.1) is 17.6 Å². The molecule has 1 aromatic heterocycles. The zero-order valence-electron chi connectivity index (χ0n) is 14.2. The lowest BCUT2D eigenvalue weighted by Crippen LogP contribution is -2.67. The number of fused-ring (bicyclic) bond motifs is 1. The van der Waals surface area contributed by atoms with Gasteiger partial charge in [-0.05, 0) is 30.4 Å². The molecule has 2 aliphatic heterocycles. The number of halogens is 1. The molecule has 4 rings (SSSR count). The smallest absolute Gasteiger partial charge is 0.325 e. The Hall–Kier alpha value is -2.33. The average Bonchev–Trinajstić information content (AvgIpc) is 3.30. The molecule has 3 heterocycles. The van der Waals surface area contributed by atoms with Crippen molar-refractivity contribution in [1.82, 2.24) is 10.2 Å². The van der Waals surface area contributed by atoms with Gasteiger partial charge in [-0.3, -0.25) is 15.4 Å². The molecule has 3 atom stereocenters. The van der Waals surface area contributed by atoms with Crippen LogP contribution in [0.2, 0.25) is 0 Å². The van der Waals surface area contributed by atoms with Gasteiger partial charge in [-0.25, -0.2) is 9.18 Å². The van der Waals surface area contributed by atoms with Crippen LogP contribution in [0.4, 0.5) is 9.18 Å². The second-order valence-electron chi connectivity index (χ2n) is 6.57. The maximum atomic E-state index is 14.8. The number of carbonyl (C=O) groups is 2. The van der Waals surface area contributed by atoms with Gasteiger partial charge in [-0.15, -0.1) is 11.3 Å². The summed E-state index contributed by atoms with van der Waals surface area (Å²) in [6, 6.07) is 8.28. The summed E-state index contributed by atoms with van der Waals surface area (Å²) in [6.07, 6.45) is 0.800. The molecule has 27 heavy (non-hydrogen) atoms. The number of Topliss-reactive ketones (excluding diaryl/α,β-unsaturated/α-hetero) is 1. The highest BCUT2D eigenvalue weighted by Gasteiger charge is 2.48. The number of ketones is 1. The molecule has 0 saturated carbocycles. The lowest BCUT2D eigenvalue weighted by Gasteiger charge is -2.36. The fraction of sp³-hybridized carbons (Fsp3) is 0.333. The summed E-state index contributed by atoms with van der Waals surface area (Å²) in [5.41, 5.74) is 3.72. The molecule has 0 spiro atoms. The van der Waals surface area contributed by atoms with Gasteiger partial charge in [0.15, 0.2) is 5.83 Å². The summed E-state index contributed by atoms with van der Waals surface area (Å²) in [5.74, 6) is -1.69. The third-order valence-electron chi connectivity index (χ3n) is 4.77. The summed E-state index contributed by atoms with van der Waals surface area (Å²) in [4.78, 5) is 26.7. The normalized spacial score (nSPS) is 28.3. The van der Waals surface area contributed by atoms with E-state index in [0.29, 0.717) is 12.8 Å². The molecule has 1 aromatic carbocycles. The molecule has 2 aromatic rings. The second kappa shape index (κ2) is 6.68. The Bertz CT molecular complexity index is 913. The van der Waals surface area contributed by atoms with E-state index in [-0.39, 0.29) is 11.5 Å². The Morgan fingerprint density at radius 3 is 2.93 bits per heavy atom. The molecule has 0 radical (unpaired) electrons. The fourth-order valence-corrected chi connectivity index (χ4v) is 4.34. The van der Waals surface area contributed by atoms with Gasteiger partial charge in [0, 0.05) is 10.9 Å². The molecule has 7 nitrogen and oxygen atoms in total. The molecule has 2 aliphatic rings. The van der Waals surface area contributed by atoms with E-state index in [9.17, 15) is 14.0 Å². The van der Waals surface area contributed by atoms with Crippen LogP contribution in [0.3, 0.4) is 0 Å². The molecule has 1 saturated heterocycles. The van der Waals surface area contributed by atoms with Gasteiger partial charge >= 0.3 is 6.03 Å². The van der Waals surface area contributed by atoms with Crippen LogP contribution in [-0.4, -0.2) is 46.4 Å². The van der Waals surface area contributed by atoms with Crippen molar-refractivity contribution in [2.75, 3.05) is 6.61 Å². The van der Waals surface area contributed by atoms with Crippen molar-refractivity contribution in [3.8, 4) is 0 Å². The topological polar surface area (TPSA) is 105 Å². The van der Waals surface area contributed by atoms with Gasteiger partial charge in [-0.2, -0.15) is 0 Å². The Morgan fingerprint density at radius 1 is 1.44 bits per heavy atom. The molecule has 9 heteroatoms. The molecule has 1 fully saturated rings. The van der Waals surface area contributed by atoms with E-state index >= 15 is 0 Å². The van der Waals surface area contributed by atoms with E-state index in [4.69, 9.17) is 15.6 Å². The first-order valence-corrected chi connectivity index (χ1v) is 9.31. The van der Waals surface area contributed by atoms with Crippen LogP contribution in [0.1, 0.15) is 22.5 Å². The number of nitrogens with one attached hydrogen (secondary N) is 1. The number of carbonyl (C=O) groups excluding carboxylic acids is 2. The first kappa shape index (κ1) is 18.1. The van der Waals surface area contributed by atoms with Crippen molar-refractivity contribution in [2.45, 2.75) is 30.8 Å².